The van der Waals surface area contributed by atoms with E-state index in [1.165, 1.54) is 6.92 Å². The maximum absolute atomic E-state index is 14.8. The second-order valence-corrected chi connectivity index (χ2v) is 9.88. The Morgan fingerprint density at radius 3 is 2.05 bits per heavy atom. The highest BCUT2D eigenvalue weighted by Crippen LogP contribution is 2.32. The lowest BCUT2D eigenvalue weighted by molar-refractivity contribution is -0.107. The van der Waals surface area contributed by atoms with Crippen molar-refractivity contribution in [1.82, 2.24) is 5.32 Å². The Morgan fingerprint density at radius 2 is 1.54 bits per heavy atom. The summed E-state index contributed by atoms with van der Waals surface area (Å²) in [4.78, 5) is 33.8. The maximum Gasteiger partial charge on any atom is 0.261 e. The number of nitrogens with one attached hydrogen (secondary N) is 1. The standard InChI is InChI=1S/C30H30FNO2S.C3H6O/c1-5-7-9-22(10-8-6-2)20(3)32-30(34)28-19-27(29(31)35-28)26-17-15-25(16-18-26)24-13-11-23(12-14-24)21(4)33;1-2-3-4/h5,7-20,22H,1,6H2,2-4H3,(H,32,34);3H,2H2,1H3/b9-7?,10-8-;/t20?,22-;/m0./s1. The Bertz CT molecular complexity index is 1300. The van der Waals surface area contributed by atoms with Crippen LogP contribution in [0.4, 0.5) is 4.39 Å². The first kappa shape index (κ1) is 31.3. The molecule has 1 aromatic heterocycles. The van der Waals surface area contributed by atoms with Crippen molar-refractivity contribution in [2.24, 2.45) is 5.92 Å². The molecule has 39 heavy (non-hydrogen) atoms. The first-order valence-corrected chi connectivity index (χ1v) is 13.8. The van der Waals surface area contributed by atoms with Crippen molar-refractivity contribution < 1.29 is 18.8 Å². The quantitative estimate of drug-likeness (QED) is 0.114. The zero-order valence-corrected chi connectivity index (χ0v) is 23.8. The number of thiophene rings is 1. The lowest BCUT2D eigenvalue weighted by Gasteiger charge is -2.19. The number of amides is 1. The van der Waals surface area contributed by atoms with Gasteiger partial charge in [0.2, 0.25) is 0 Å². The monoisotopic (exact) mass is 545 g/mol. The lowest BCUT2D eigenvalue weighted by atomic mass is 9.99. The van der Waals surface area contributed by atoms with Crippen LogP contribution in [-0.4, -0.2) is 24.0 Å². The van der Waals surface area contributed by atoms with Gasteiger partial charge >= 0.3 is 0 Å². The molecule has 0 radical (unpaired) electrons. The fraction of sp³-hybridized carbons (Fsp3) is 0.242. The minimum absolute atomic E-state index is 0.0123. The first-order chi connectivity index (χ1) is 18.7. The normalized spacial score (nSPS) is 12.4. The van der Waals surface area contributed by atoms with Crippen LogP contribution in [0.25, 0.3) is 22.3 Å². The molecule has 2 atom stereocenters. The number of aldehydes is 1. The number of Topliss-reactive ketones (excluding diaryl/α,β-unsaturated/α-hetero) is 1. The van der Waals surface area contributed by atoms with E-state index in [9.17, 15) is 18.8 Å². The van der Waals surface area contributed by atoms with Gasteiger partial charge in [0.15, 0.2) is 10.9 Å². The van der Waals surface area contributed by atoms with Crippen LogP contribution in [0, 0.1) is 11.0 Å². The number of allylic oxidation sites excluding steroid dienone is 3. The van der Waals surface area contributed by atoms with Gasteiger partial charge in [-0.15, -0.1) is 11.3 Å². The van der Waals surface area contributed by atoms with Crippen LogP contribution in [0.3, 0.4) is 0 Å². The van der Waals surface area contributed by atoms with E-state index in [1.54, 1.807) is 24.3 Å². The molecule has 0 spiro atoms. The molecule has 6 heteroatoms. The largest absolute Gasteiger partial charge is 0.348 e. The molecule has 3 rings (SSSR count). The molecule has 4 nitrogen and oxygen atoms in total. The molecule has 1 heterocycles. The average Bonchev–Trinajstić information content (AvgIpc) is 3.35. The summed E-state index contributed by atoms with van der Waals surface area (Å²) in [5, 5.41) is 2.60. The highest BCUT2D eigenvalue weighted by Gasteiger charge is 2.20. The SMILES string of the molecule is C=CC=C[C@@H](/C=C\CC)C(C)NC(=O)c1cc(-c2ccc(-c3ccc(C(C)=O)cc3)cc2)c(F)s1.CCC=O. The van der Waals surface area contributed by atoms with Crippen molar-refractivity contribution in [3.05, 3.63) is 107 Å². The number of halogens is 1. The average molecular weight is 546 g/mol. The molecular formula is C33H36FNO3S. The van der Waals surface area contributed by atoms with Crippen LogP contribution in [0.5, 0.6) is 0 Å². The van der Waals surface area contributed by atoms with Gasteiger partial charge in [0.25, 0.3) is 5.91 Å². The van der Waals surface area contributed by atoms with Gasteiger partial charge < -0.3 is 10.1 Å². The number of carbonyl (C=O) groups is 3. The highest BCUT2D eigenvalue weighted by molar-refractivity contribution is 7.12. The summed E-state index contributed by atoms with van der Waals surface area (Å²) in [6.07, 6.45) is 12.1. The van der Waals surface area contributed by atoms with E-state index in [4.69, 9.17) is 0 Å². The summed E-state index contributed by atoms with van der Waals surface area (Å²) in [6, 6.07) is 16.3. The number of carbonyl (C=O) groups excluding carboxylic acids is 3. The Labute approximate surface area is 235 Å². The number of hydrogen-bond donors (Lipinski definition) is 1. The fourth-order valence-corrected chi connectivity index (χ4v) is 4.50. The number of rotatable bonds is 11. The molecular weight excluding hydrogens is 509 g/mol. The topological polar surface area (TPSA) is 63.2 Å². The zero-order chi connectivity index (χ0) is 28.8. The molecule has 0 aliphatic carbocycles. The molecule has 1 unspecified atom stereocenters. The summed E-state index contributed by atoms with van der Waals surface area (Å²) < 4.78 is 14.8. The summed E-state index contributed by atoms with van der Waals surface area (Å²) in [7, 11) is 0. The smallest absolute Gasteiger partial charge is 0.261 e. The minimum Gasteiger partial charge on any atom is -0.348 e. The highest BCUT2D eigenvalue weighted by atomic mass is 32.1. The van der Waals surface area contributed by atoms with Gasteiger partial charge in [-0.25, -0.2) is 0 Å². The number of benzene rings is 2. The molecule has 0 saturated carbocycles. The van der Waals surface area contributed by atoms with E-state index >= 15 is 0 Å². The van der Waals surface area contributed by atoms with Gasteiger partial charge in [0.05, 0.1) is 4.88 Å². The molecule has 2 aromatic carbocycles. The van der Waals surface area contributed by atoms with Gasteiger partial charge in [0.1, 0.15) is 6.29 Å². The van der Waals surface area contributed by atoms with Crippen molar-refractivity contribution in [1.29, 1.82) is 0 Å². The van der Waals surface area contributed by atoms with Crippen molar-refractivity contribution >= 4 is 29.3 Å². The van der Waals surface area contributed by atoms with Crippen LogP contribution < -0.4 is 5.32 Å². The fourth-order valence-electron chi connectivity index (χ4n) is 3.69. The molecule has 3 aromatic rings. The second kappa shape index (κ2) is 16.1. The van der Waals surface area contributed by atoms with Gasteiger partial charge in [-0.2, -0.15) is 4.39 Å². The molecule has 0 bridgehead atoms. The molecule has 1 amide bonds. The molecule has 0 saturated heterocycles. The Morgan fingerprint density at radius 1 is 0.974 bits per heavy atom. The molecule has 204 valence electrons. The van der Waals surface area contributed by atoms with Crippen LogP contribution in [0.2, 0.25) is 0 Å². The Hall–Kier alpha value is -3.90. The van der Waals surface area contributed by atoms with Crippen LogP contribution in [-0.2, 0) is 4.79 Å². The van der Waals surface area contributed by atoms with E-state index in [1.807, 2.05) is 62.4 Å². The molecule has 0 aliphatic heterocycles. The van der Waals surface area contributed by atoms with Crippen LogP contribution in [0.1, 0.15) is 60.6 Å². The van der Waals surface area contributed by atoms with Gasteiger partial charge in [-0.05, 0) is 43.0 Å². The van der Waals surface area contributed by atoms with Gasteiger partial charge in [-0.3, -0.25) is 9.59 Å². The minimum atomic E-state index is -0.393. The third-order valence-corrected chi connectivity index (χ3v) is 6.82. The molecule has 0 fully saturated rings. The van der Waals surface area contributed by atoms with E-state index in [2.05, 4.69) is 31.0 Å². The van der Waals surface area contributed by atoms with E-state index in [0.29, 0.717) is 28.0 Å². The van der Waals surface area contributed by atoms with E-state index < -0.39 is 5.13 Å². The number of hydrogen-bond acceptors (Lipinski definition) is 4. The van der Waals surface area contributed by atoms with Crippen LogP contribution >= 0.6 is 11.3 Å². The van der Waals surface area contributed by atoms with Gasteiger partial charge in [0, 0.05) is 29.5 Å². The predicted molar refractivity (Wildman–Crippen MR) is 161 cm³/mol. The van der Waals surface area contributed by atoms with Crippen molar-refractivity contribution in [3.8, 4) is 22.3 Å². The predicted octanol–water partition coefficient (Wildman–Crippen LogP) is 8.46. The molecule has 0 aliphatic rings. The Balaban J connectivity index is 0.00000124. The first-order valence-electron chi connectivity index (χ1n) is 13.0. The van der Waals surface area contributed by atoms with Crippen molar-refractivity contribution in [2.75, 3.05) is 0 Å². The second-order valence-electron chi connectivity index (χ2n) is 8.88. The summed E-state index contributed by atoms with van der Waals surface area (Å²) in [5.41, 5.74) is 3.70. The number of ketones is 1. The van der Waals surface area contributed by atoms with E-state index in [0.717, 1.165) is 35.2 Å². The zero-order valence-electron chi connectivity index (χ0n) is 22.9. The third-order valence-electron chi connectivity index (χ3n) is 5.90. The van der Waals surface area contributed by atoms with Crippen molar-refractivity contribution in [2.45, 2.75) is 46.6 Å². The lowest BCUT2D eigenvalue weighted by Crippen LogP contribution is -2.36. The summed E-state index contributed by atoms with van der Waals surface area (Å²) in [5.74, 6) is -0.259. The van der Waals surface area contributed by atoms with Crippen molar-refractivity contribution in [3.63, 3.8) is 0 Å². The maximum atomic E-state index is 14.8. The van der Waals surface area contributed by atoms with E-state index in [-0.39, 0.29) is 23.7 Å². The van der Waals surface area contributed by atoms with Crippen LogP contribution in [0.15, 0.2) is 91.6 Å². The Kier molecular flexibility index (Phi) is 13.0. The summed E-state index contributed by atoms with van der Waals surface area (Å²) in [6.45, 7) is 11.0. The third kappa shape index (κ3) is 9.41. The van der Waals surface area contributed by atoms with Gasteiger partial charge in [-0.1, -0.05) is 99.3 Å². The summed E-state index contributed by atoms with van der Waals surface area (Å²) >= 11 is 0.849. The molecule has 1 N–H and O–H groups in total.